The fourth-order valence-electron chi connectivity index (χ4n) is 1.96. The molecule has 0 aromatic heterocycles. The van der Waals surface area contributed by atoms with Gasteiger partial charge in [-0.15, -0.1) is 12.6 Å². The van der Waals surface area contributed by atoms with E-state index in [1.165, 1.54) is 0 Å². The van der Waals surface area contributed by atoms with Gasteiger partial charge in [0.15, 0.2) is 16.6 Å². The number of hydrogen-bond acceptors (Lipinski definition) is 3. The van der Waals surface area contributed by atoms with Crippen LogP contribution in [0.3, 0.4) is 0 Å². The lowest BCUT2D eigenvalue weighted by atomic mass is 9.93. The van der Waals surface area contributed by atoms with Gasteiger partial charge in [-0.25, -0.2) is 0 Å². The van der Waals surface area contributed by atoms with Crippen molar-refractivity contribution in [1.29, 1.82) is 0 Å². The molecule has 4 heteroatoms. The fourth-order valence-corrected chi connectivity index (χ4v) is 2.24. The summed E-state index contributed by atoms with van der Waals surface area (Å²) in [6.07, 6.45) is 0.434. The number of ether oxygens (including phenoxy) is 2. The van der Waals surface area contributed by atoms with Crippen LogP contribution in [-0.2, 0) is 4.79 Å². The Morgan fingerprint density at radius 2 is 2.06 bits per heavy atom. The van der Waals surface area contributed by atoms with E-state index in [0.29, 0.717) is 6.42 Å². The van der Waals surface area contributed by atoms with E-state index in [2.05, 4.69) is 12.6 Å². The standard InChI is InChI=1S/C12H14O3S/c1-7-3-10-11(15-6-14-10)5-9(7)8(2)4-12(13)16/h3,5,8H,4,6H2,1-2H3,(H,13,16). The Labute approximate surface area is 100 Å². The van der Waals surface area contributed by atoms with E-state index >= 15 is 0 Å². The molecule has 86 valence electrons. The first-order chi connectivity index (χ1) is 7.58. The number of rotatable bonds is 3. The minimum absolute atomic E-state index is 0.0930. The molecule has 0 aliphatic carbocycles. The van der Waals surface area contributed by atoms with Crippen LogP contribution in [0.25, 0.3) is 0 Å². The first kappa shape index (κ1) is 11.3. The number of carbonyl (C=O) groups excluding carboxylic acids is 1. The highest BCUT2D eigenvalue weighted by atomic mass is 32.1. The van der Waals surface area contributed by atoms with Crippen LogP contribution in [-0.4, -0.2) is 11.9 Å². The van der Waals surface area contributed by atoms with Gasteiger partial charge in [0.25, 0.3) is 0 Å². The van der Waals surface area contributed by atoms with Gasteiger partial charge in [0.2, 0.25) is 6.79 Å². The Morgan fingerprint density at radius 3 is 2.69 bits per heavy atom. The lowest BCUT2D eigenvalue weighted by Crippen LogP contribution is -2.01. The zero-order valence-electron chi connectivity index (χ0n) is 9.32. The van der Waals surface area contributed by atoms with E-state index in [0.717, 1.165) is 22.6 Å². The molecule has 3 nitrogen and oxygen atoms in total. The molecule has 0 fully saturated rings. The molecule has 1 atom stereocenters. The average molecular weight is 238 g/mol. The van der Waals surface area contributed by atoms with Crippen molar-refractivity contribution >= 4 is 17.7 Å². The third-order valence-electron chi connectivity index (χ3n) is 2.77. The van der Waals surface area contributed by atoms with E-state index in [4.69, 9.17) is 9.47 Å². The number of aryl methyl sites for hydroxylation is 1. The molecule has 16 heavy (non-hydrogen) atoms. The summed E-state index contributed by atoms with van der Waals surface area (Å²) in [5.74, 6) is 1.70. The fraction of sp³-hybridized carbons (Fsp3) is 0.417. The minimum Gasteiger partial charge on any atom is -0.454 e. The number of benzene rings is 1. The Morgan fingerprint density at radius 1 is 1.44 bits per heavy atom. The van der Waals surface area contributed by atoms with Crippen LogP contribution < -0.4 is 9.47 Å². The normalized spacial score (nSPS) is 14.9. The molecule has 1 heterocycles. The van der Waals surface area contributed by atoms with E-state index in [9.17, 15) is 4.79 Å². The molecule has 0 amide bonds. The Hall–Kier alpha value is -1.16. The van der Waals surface area contributed by atoms with Crippen LogP contribution in [0.4, 0.5) is 0 Å². The first-order valence-electron chi connectivity index (χ1n) is 5.20. The van der Waals surface area contributed by atoms with Crippen LogP contribution in [0, 0.1) is 6.92 Å². The predicted molar refractivity (Wildman–Crippen MR) is 64.3 cm³/mol. The lowest BCUT2D eigenvalue weighted by Gasteiger charge is -2.13. The lowest BCUT2D eigenvalue weighted by molar-refractivity contribution is -0.111. The second kappa shape index (κ2) is 4.37. The average Bonchev–Trinajstić information content (AvgIpc) is 2.61. The van der Waals surface area contributed by atoms with Crippen LogP contribution >= 0.6 is 12.6 Å². The molecule has 1 aromatic rings. The number of hydrogen-bond donors (Lipinski definition) is 1. The predicted octanol–water partition coefficient (Wildman–Crippen LogP) is 2.67. The maximum atomic E-state index is 11.0. The maximum Gasteiger partial charge on any atom is 0.231 e. The monoisotopic (exact) mass is 238 g/mol. The van der Waals surface area contributed by atoms with Crippen molar-refractivity contribution in [3.05, 3.63) is 23.3 Å². The maximum absolute atomic E-state index is 11.0. The van der Waals surface area contributed by atoms with Crippen LogP contribution in [0.15, 0.2) is 12.1 Å². The summed E-state index contributed by atoms with van der Waals surface area (Å²) in [4.78, 5) is 11.0. The first-order valence-corrected chi connectivity index (χ1v) is 5.64. The Balaban J connectivity index is 2.30. The summed E-state index contributed by atoms with van der Waals surface area (Å²) in [7, 11) is 0. The molecule has 1 aromatic carbocycles. The van der Waals surface area contributed by atoms with Gasteiger partial charge in [-0.1, -0.05) is 6.92 Å². The van der Waals surface area contributed by atoms with Gasteiger partial charge >= 0.3 is 0 Å². The highest BCUT2D eigenvalue weighted by molar-refractivity contribution is 7.96. The second-order valence-electron chi connectivity index (χ2n) is 4.06. The summed E-state index contributed by atoms with van der Waals surface area (Å²) in [5.41, 5.74) is 2.23. The molecule has 2 rings (SSSR count). The molecule has 1 unspecified atom stereocenters. The van der Waals surface area contributed by atoms with Gasteiger partial charge in [0.05, 0.1) is 0 Å². The molecule has 1 aliphatic rings. The van der Waals surface area contributed by atoms with Crippen molar-refractivity contribution in [3.63, 3.8) is 0 Å². The molecule has 0 N–H and O–H groups in total. The number of fused-ring (bicyclic) bond motifs is 1. The summed E-state index contributed by atoms with van der Waals surface area (Å²) in [6.45, 7) is 4.30. The van der Waals surface area contributed by atoms with Crippen molar-refractivity contribution in [3.8, 4) is 11.5 Å². The summed E-state index contributed by atoms with van der Waals surface area (Å²) < 4.78 is 10.6. The van der Waals surface area contributed by atoms with Crippen molar-refractivity contribution in [2.24, 2.45) is 0 Å². The topological polar surface area (TPSA) is 35.5 Å². The van der Waals surface area contributed by atoms with Crippen molar-refractivity contribution in [2.75, 3.05) is 6.79 Å². The molecule has 1 aliphatic heterocycles. The third kappa shape index (κ3) is 2.16. The molecular weight excluding hydrogens is 224 g/mol. The van der Waals surface area contributed by atoms with E-state index in [1.807, 2.05) is 26.0 Å². The van der Waals surface area contributed by atoms with Gasteiger partial charge in [-0.05, 0) is 36.1 Å². The number of thiol groups is 1. The highest BCUT2D eigenvalue weighted by Crippen LogP contribution is 2.37. The van der Waals surface area contributed by atoms with Gasteiger partial charge in [-0.3, -0.25) is 4.79 Å². The summed E-state index contributed by atoms with van der Waals surface area (Å²) in [6, 6.07) is 3.91. The van der Waals surface area contributed by atoms with Crippen LogP contribution in [0.1, 0.15) is 30.4 Å². The molecule has 0 spiro atoms. The van der Waals surface area contributed by atoms with Gasteiger partial charge in [-0.2, -0.15) is 0 Å². The summed E-state index contributed by atoms with van der Waals surface area (Å²) >= 11 is 3.81. The molecule has 0 bridgehead atoms. The molecular formula is C12H14O3S. The van der Waals surface area contributed by atoms with Gasteiger partial charge in [0, 0.05) is 6.42 Å². The van der Waals surface area contributed by atoms with E-state index in [1.54, 1.807) is 0 Å². The Kier molecular flexibility index (Phi) is 3.10. The SMILES string of the molecule is Cc1cc2c(cc1C(C)CC(=O)S)OCO2. The molecule has 0 saturated carbocycles. The minimum atomic E-state index is -0.0930. The zero-order valence-corrected chi connectivity index (χ0v) is 10.2. The molecule has 0 saturated heterocycles. The molecule has 0 radical (unpaired) electrons. The number of carbonyl (C=O) groups is 1. The van der Waals surface area contributed by atoms with Crippen LogP contribution in [0.2, 0.25) is 0 Å². The van der Waals surface area contributed by atoms with E-state index in [-0.39, 0.29) is 17.8 Å². The summed E-state index contributed by atoms with van der Waals surface area (Å²) in [5, 5.41) is -0.0930. The van der Waals surface area contributed by atoms with Crippen LogP contribution in [0.5, 0.6) is 11.5 Å². The van der Waals surface area contributed by atoms with Gasteiger partial charge < -0.3 is 9.47 Å². The zero-order chi connectivity index (χ0) is 11.7. The second-order valence-corrected chi connectivity index (χ2v) is 4.56. The quantitative estimate of drug-likeness (QED) is 0.822. The van der Waals surface area contributed by atoms with Crippen molar-refractivity contribution < 1.29 is 14.3 Å². The largest absolute Gasteiger partial charge is 0.454 e. The highest BCUT2D eigenvalue weighted by Gasteiger charge is 2.19. The van der Waals surface area contributed by atoms with E-state index < -0.39 is 0 Å². The third-order valence-corrected chi connectivity index (χ3v) is 2.96. The van der Waals surface area contributed by atoms with Gasteiger partial charge in [0.1, 0.15) is 0 Å². The van der Waals surface area contributed by atoms with Crippen molar-refractivity contribution in [2.45, 2.75) is 26.2 Å². The smallest absolute Gasteiger partial charge is 0.231 e. The van der Waals surface area contributed by atoms with Crippen molar-refractivity contribution in [1.82, 2.24) is 0 Å². The Bertz CT molecular complexity index is 429.